The first-order valence-electron chi connectivity index (χ1n) is 5.17. The van der Waals surface area contributed by atoms with Crippen LogP contribution in [0.3, 0.4) is 0 Å². The SMILES string of the molecule is OC1=CCC(C(I)c2ccc(O)cc2)C=C1. The average Bonchev–Trinajstić information content (AvgIpc) is 2.30. The standard InChI is InChI=1S/C13H13IO2/c14-13(9-1-5-11(15)6-2-9)10-3-7-12(16)8-4-10/h1-3,5-8,10,13,15-16H,4H2. The number of aliphatic hydroxyl groups is 1. The third-order valence-corrected chi connectivity index (χ3v) is 4.34. The first-order chi connectivity index (χ1) is 7.66. The number of phenolic OH excluding ortho intramolecular Hbond substituents is 1. The van der Waals surface area contributed by atoms with E-state index in [0.717, 1.165) is 6.42 Å². The van der Waals surface area contributed by atoms with Gasteiger partial charge in [0.25, 0.3) is 0 Å². The average molecular weight is 328 g/mol. The lowest BCUT2D eigenvalue weighted by atomic mass is 9.93. The van der Waals surface area contributed by atoms with Crippen molar-refractivity contribution in [2.75, 3.05) is 0 Å². The van der Waals surface area contributed by atoms with Crippen LogP contribution >= 0.6 is 22.6 Å². The predicted octanol–water partition coefficient (Wildman–Crippen LogP) is 3.89. The second-order valence-corrected chi connectivity index (χ2v) is 5.22. The van der Waals surface area contributed by atoms with E-state index in [1.165, 1.54) is 5.56 Å². The third-order valence-electron chi connectivity index (χ3n) is 2.70. The fourth-order valence-corrected chi connectivity index (χ4v) is 2.70. The summed E-state index contributed by atoms with van der Waals surface area (Å²) in [5.41, 5.74) is 1.20. The van der Waals surface area contributed by atoms with E-state index in [4.69, 9.17) is 0 Å². The minimum Gasteiger partial charge on any atom is -0.508 e. The van der Waals surface area contributed by atoms with Gasteiger partial charge in [-0.15, -0.1) is 0 Å². The molecule has 0 amide bonds. The summed E-state index contributed by atoms with van der Waals surface area (Å²) in [7, 11) is 0. The number of halogens is 1. The first kappa shape index (κ1) is 11.5. The van der Waals surface area contributed by atoms with Crippen LogP contribution in [-0.2, 0) is 0 Å². The molecule has 1 aromatic carbocycles. The van der Waals surface area contributed by atoms with Gasteiger partial charge in [0.05, 0.1) is 0 Å². The van der Waals surface area contributed by atoms with Crippen molar-refractivity contribution in [1.82, 2.24) is 0 Å². The molecule has 0 spiro atoms. The molecule has 84 valence electrons. The van der Waals surface area contributed by atoms with E-state index >= 15 is 0 Å². The molecule has 0 fully saturated rings. The zero-order chi connectivity index (χ0) is 11.5. The number of aromatic hydroxyl groups is 1. The highest BCUT2D eigenvalue weighted by Gasteiger charge is 2.19. The van der Waals surface area contributed by atoms with Crippen molar-refractivity contribution in [2.45, 2.75) is 10.3 Å². The summed E-state index contributed by atoms with van der Waals surface area (Å²) in [4.78, 5) is 0. The first-order valence-corrected chi connectivity index (χ1v) is 6.41. The maximum absolute atomic E-state index is 9.25. The lowest BCUT2D eigenvalue weighted by Crippen LogP contribution is -2.06. The van der Waals surface area contributed by atoms with Crippen LogP contribution in [0.15, 0.2) is 48.3 Å². The molecular formula is C13H13IO2. The monoisotopic (exact) mass is 328 g/mol. The number of allylic oxidation sites excluding steroid dienone is 3. The quantitative estimate of drug-likeness (QED) is 0.639. The smallest absolute Gasteiger partial charge is 0.115 e. The third kappa shape index (κ3) is 2.58. The number of aliphatic hydroxyl groups excluding tert-OH is 1. The second-order valence-electron chi connectivity index (χ2n) is 3.88. The number of alkyl halides is 1. The molecule has 2 nitrogen and oxygen atoms in total. The van der Waals surface area contributed by atoms with Crippen molar-refractivity contribution in [3.05, 3.63) is 53.8 Å². The van der Waals surface area contributed by atoms with Gasteiger partial charge in [0.1, 0.15) is 11.5 Å². The van der Waals surface area contributed by atoms with Crippen molar-refractivity contribution in [3.8, 4) is 5.75 Å². The lowest BCUT2D eigenvalue weighted by molar-refractivity contribution is 0.420. The molecule has 0 saturated heterocycles. The molecule has 0 heterocycles. The van der Waals surface area contributed by atoms with E-state index < -0.39 is 0 Å². The van der Waals surface area contributed by atoms with Crippen LogP contribution in [0, 0.1) is 5.92 Å². The van der Waals surface area contributed by atoms with Crippen molar-refractivity contribution >= 4 is 22.6 Å². The molecular weight excluding hydrogens is 315 g/mol. The van der Waals surface area contributed by atoms with Gasteiger partial charge in [0.15, 0.2) is 0 Å². The zero-order valence-electron chi connectivity index (χ0n) is 8.68. The summed E-state index contributed by atoms with van der Waals surface area (Å²) in [6.07, 6.45) is 6.49. The van der Waals surface area contributed by atoms with Crippen LogP contribution in [0.4, 0.5) is 0 Å². The highest BCUT2D eigenvalue weighted by molar-refractivity contribution is 14.1. The van der Waals surface area contributed by atoms with E-state index in [1.54, 1.807) is 18.2 Å². The minimum atomic E-state index is 0.295. The fraction of sp³-hybridized carbons (Fsp3) is 0.231. The van der Waals surface area contributed by atoms with Crippen molar-refractivity contribution < 1.29 is 10.2 Å². The maximum Gasteiger partial charge on any atom is 0.115 e. The Morgan fingerprint density at radius 1 is 1.19 bits per heavy atom. The maximum atomic E-state index is 9.25. The van der Waals surface area contributed by atoms with Crippen molar-refractivity contribution in [3.63, 3.8) is 0 Å². The molecule has 2 rings (SSSR count). The Morgan fingerprint density at radius 2 is 1.88 bits per heavy atom. The number of hydrogen-bond acceptors (Lipinski definition) is 2. The van der Waals surface area contributed by atoms with E-state index in [9.17, 15) is 10.2 Å². The fourth-order valence-electron chi connectivity index (χ4n) is 1.75. The largest absolute Gasteiger partial charge is 0.508 e. The van der Waals surface area contributed by atoms with E-state index in [-0.39, 0.29) is 0 Å². The molecule has 0 bridgehead atoms. The van der Waals surface area contributed by atoms with E-state index in [1.807, 2.05) is 24.3 Å². The predicted molar refractivity (Wildman–Crippen MR) is 72.8 cm³/mol. The molecule has 1 aromatic rings. The Kier molecular flexibility index (Phi) is 3.53. The minimum absolute atomic E-state index is 0.295. The Labute approximate surface area is 108 Å². The van der Waals surface area contributed by atoms with Gasteiger partial charge in [-0.05, 0) is 42.2 Å². The highest BCUT2D eigenvalue weighted by atomic mass is 127. The summed E-state index contributed by atoms with van der Waals surface area (Å²) in [6, 6.07) is 7.30. The molecule has 0 aliphatic heterocycles. The molecule has 0 aromatic heterocycles. The topological polar surface area (TPSA) is 40.5 Å². The molecule has 2 unspecified atom stereocenters. The zero-order valence-corrected chi connectivity index (χ0v) is 10.8. The molecule has 16 heavy (non-hydrogen) atoms. The van der Waals surface area contributed by atoms with Crippen LogP contribution in [-0.4, -0.2) is 10.2 Å². The van der Waals surface area contributed by atoms with Crippen LogP contribution in [0.1, 0.15) is 15.9 Å². The number of hydrogen-bond donors (Lipinski definition) is 2. The Morgan fingerprint density at radius 3 is 2.44 bits per heavy atom. The van der Waals surface area contributed by atoms with Crippen LogP contribution < -0.4 is 0 Å². The molecule has 2 atom stereocenters. The van der Waals surface area contributed by atoms with E-state index in [2.05, 4.69) is 22.6 Å². The van der Waals surface area contributed by atoms with Crippen LogP contribution in [0.2, 0.25) is 0 Å². The Bertz CT molecular complexity index is 420. The molecule has 3 heteroatoms. The number of rotatable bonds is 2. The van der Waals surface area contributed by atoms with Gasteiger partial charge in [-0.3, -0.25) is 0 Å². The normalized spacial score (nSPS) is 21.6. The Balaban J connectivity index is 2.11. The lowest BCUT2D eigenvalue weighted by Gasteiger charge is -2.20. The molecule has 1 aliphatic rings. The molecule has 0 radical (unpaired) electrons. The summed E-state index contributed by atoms with van der Waals surface area (Å²) in [5.74, 6) is 1.05. The summed E-state index contributed by atoms with van der Waals surface area (Å²) >= 11 is 2.40. The van der Waals surface area contributed by atoms with Gasteiger partial charge in [-0.2, -0.15) is 0 Å². The van der Waals surface area contributed by atoms with E-state index in [0.29, 0.717) is 21.4 Å². The summed E-state index contributed by atoms with van der Waals surface area (Å²) in [5, 5.41) is 18.5. The molecule has 0 saturated carbocycles. The van der Waals surface area contributed by atoms with Gasteiger partial charge in [0.2, 0.25) is 0 Å². The van der Waals surface area contributed by atoms with Gasteiger partial charge in [-0.1, -0.05) is 40.8 Å². The van der Waals surface area contributed by atoms with Gasteiger partial charge < -0.3 is 10.2 Å². The Hall–Kier alpha value is -0.970. The highest BCUT2D eigenvalue weighted by Crippen LogP contribution is 2.37. The molecule has 2 N–H and O–H groups in total. The summed E-state index contributed by atoms with van der Waals surface area (Å²) < 4.78 is 0.360. The van der Waals surface area contributed by atoms with Gasteiger partial charge in [-0.25, -0.2) is 0 Å². The van der Waals surface area contributed by atoms with Crippen molar-refractivity contribution in [2.24, 2.45) is 5.92 Å². The number of benzene rings is 1. The summed E-state index contributed by atoms with van der Waals surface area (Å²) in [6.45, 7) is 0. The second kappa shape index (κ2) is 4.91. The van der Waals surface area contributed by atoms with Crippen LogP contribution in [0.5, 0.6) is 5.75 Å². The van der Waals surface area contributed by atoms with Crippen molar-refractivity contribution in [1.29, 1.82) is 0 Å². The number of phenols is 1. The van der Waals surface area contributed by atoms with Gasteiger partial charge in [0, 0.05) is 3.92 Å². The van der Waals surface area contributed by atoms with Crippen LogP contribution in [0.25, 0.3) is 0 Å². The van der Waals surface area contributed by atoms with Gasteiger partial charge >= 0.3 is 0 Å². The molecule has 1 aliphatic carbocycles.